The van der Waals surface area contributed by atoms with Gasteiger partial charge < -0.3 is 18.9 Å². The minimum absolute atomic E-state index is 0.136. The first-order valence-electron chi connectivity index (χ1n) is 9.76. The first-order chi connectivity index (χ1) is 14.1. The van der Waals surface area contributed by atoms with Crippen LogP contribution in [0.15, 0.2) is 41.4 Å². The summed E-state index contributed by atoms with van der Waals surface area (Å²) in [6.45, 7) is 4.60. The van der Waals surface area contributed by atoms with Crippen LogP contribution in [0.3, 0.4) is 0 Å². The van der Waals surface area contributed by atoms with Crippen LogP contribution >= 0.6 is 8.58 Å². The molecule has 0 saturated carbocycles. The third-order valence-corrected chi connectivity index (χ3v) is 7.31. The van der Waals surface area contributed by atoms with E-state index in [4.69, 9.17) is 18.9 Å². The maximum absolute atomic E-state index is 6.01. The minimum atomic E-state index is -0.136. The lowest BCUT2D eigenvalue weighted by atomic mass is 9.91. The lowest BCUT2D eigenvalue weighted by molar-refractivity contribution is 0.0478. The molecule has 2 aromatic rings. The van der Waals surface area contributed by atoms with Gasteiger partial charge in [0.2, 0.25) is 0 Å². The summed E-state index contributed by atoms with van der Waals surface area (Å²) in [7, 11) is 7.26. The van der Waals surface area contributed by atoms with Gasteiger partial charge >= 0.3 is 0 Å². The van der Waals surface area contributed by atoms with Crippen LogP contribution in [-0.4, -0.2) is 41.4 Å². The van der Waals surface area contributed by atoms with Crippen molar-refractivity contribution < 1.29 is 18.9 Å². The Bertz CT molecular complexity index is 819. The Morgan fingerprint density at radius 2 is 1.76 bits per heavy atom. The molecule has 0 radical (unpaired) electrons. The molecule has 0 amide bonds. The third-order valence-electron chi connectivity index (χ3n) is 5.13. The van der Waals surface area contributed by atoms with Gasteiger partial charge in [-0.25, -0.2) is 0 Å². The second kappa shape index (κ2) is 11.2. The van der Waals surface area contributed by atoms with E-state index in [1.165, 1.54) is 5.30 Å². The number of hydrogen-bond donors (Lipinski definition) is 0. The zero-order chi connectivity index (χ0) is 21.3. The van der Waals surface area contributed by atoms with Crippen molar-refractivity contribution in [2.24, 2.45) is 4.99 Å². The molecule has 0 aliphatic heterocycles. The zero-order valence-electron chi connectivity index (χ0n) is 18.2. The van der Waals surface area contributed by atoms with Crippen LogP contribution in [-0.2, 0) is 9.89 Å². The van der Waals surface area contributed by atoms with E-state index in [9.17, 15) is 0 Å². The van der Waals surface area contributed by atoms with Gasteiger partial charge in [0.25, 0.3) is 0 Å². The molecule has 0 aliphatic rings. The van der Waals surface area contributed by atoms with Crippen LogP contribution in [0.2, 0.25) is 0 Å². The Hall–Kier alpha value is -2.10. The second-order valence-electron chi connectivity index (χ2n) is 6.65. The highest BCUT2D eigenvalue weighted by molar-refractivity contribution is 7.48. The SMILES string of the molecule is CCC(CC)(Pc1ccccc1C=NC)c1cc(OC)cc(OC)c1OCOC. The van der Waals surface area contributed by atoms with Crippen molar-refractivity contribution in [3.8, 4) is 17.2 Å². The fourth-order valence-corrected chi connectivity index (χ4v) is 5.13. The van der Waals surface area contributed by atoms with Crippen molar-refractivity contribution in [2.45, 2.75) is 31.8 Å². The molecular formula is C23H32NO4P. The summed E-state index contributed by atoms with van der Waals surface area (Å²) in [6, 6.07) is 12.4. The summed E-state index contributed by atoms with van der Waals surface area (Å²) in [6.07, 6.45) is 3.81. The lowest BCUT2D eigenvalue weighted by Gasteiger charge is -2.35. The Kier molecular flexibility index (Phi) is 8.94. The van der Waals surface area contributed by atoms with E-state index >= 15 is 0 Å². The van der Waals surface area contributed by atoms with Gasteiger partial charge in [-0.2, -0.15) is 0 Å². The van der Waals surface area contributed by atoms with Gasteiger partial charge in [0.1, 0.15) is 5.75 Å². The number of ether oxygens (including phenoxy) is 4. The molecule has 1 atom stereocenters. The number of rotatable bonds is 11. The Morgan fingerprint density at radius 1 is 1.03 bits per heavy atom. The molecule has 0 heterocycles. The van der Waals surface area contributed by atoms with E-state index in [0.717, 1.165) is 29.7 Å². The molecule has 0 saturated heterocycles. The molecule has 5 nitrogen and oxygen atoms in total. The summed E-state index contributed by atoms with van der Waals surface area (Å²) in [5.41, 5.74) is 2.23. The highest BCUT2D eigenvalue weighted by atomic mass is 31.1. The molecule has 29 heavy (non-hydrogen) atoms. The number of aliphatic imine (C=N–C) groups is 1. The molecule has 0 spiro atoms. The highest BCUT2D eigenvalue weighted by Crippen LogP contribution is 2.53. The van der Waals surface area contributed by atoms with Crippen molar-refractivity contribution in [3.05, 3.63) is 47.5 Å². The van der Waals surface area contributed by atoms with E-state index in [2.05, 4.69) is 43.1 Å². The first-order valence-corrected chi connectivity index (χ1v) is 10.8. The quantitative estimate of drug-likeness (QED) is 0.301. The zero-order valence-corrected chi connectivity index (χ0v) is 19.2. The smallest absolute Gasteiger partial charge is 0.188 e. The predicted octanol–water partition coefficient (Wildman–Crippen LogP) is 4.75. The largest absolute Gasteiger partial charge is 0.497 e. The topological polar surface area (TPSA) is 49.3 Å². The van der Waals surface area contributed by atoms with E-state index in [1.807, 2.05) is 18.3 Å². The van der Waals surface area contributed by atoms with Gasteiger partial charge in [0.15, 0.2) is 18.3 Å². The van der Waals surface area contributed by atoms with Crippen molar-refractivity contribution in [3.63, 3.8) is 0 Å². The standard InChI is InChI=1S/C23H32NO4P/c1-7-23(8-2,29-21-12-10-9-11-17(21)15-24-3)19-13-18(26-5)14-20(27-6)22(19)28-16-25-4/h9-15,29H,7-8,16H2,1-6H3. The molecule has 158 valence electrons. The Balaban J connectivity index is 2.67. The van der Waals surface area contributed by atoms with Gasteiger partial charge in [-0.05, 0) is 29.8 Å². The van der Waals surface area contributed by atoms with Crippen LogP contribution in [0.4, 0.5) is 0 Å². The monoisotopic (exact) mass is 417 g/mol. The highest BCUT2D eigenvalue weighted by Gasteiger charge is 2.35. The molecule has 0 aromatic heterocycles. The number of benzene rings is 2. The van der Waals surface area contributed by atoms with Crippen molar-refractivity contribution in [1.82, 2.24) is 0 Å². The average molecular weight is 417 g/mol. The van der Waals surface area contributed by atoms with E-state index < -0.39 is 0 Å². The fraction of sp³-hybridized carbons (Fsp3) is 0.435. The van der Waals surface area contributed by atoms with Crippen LogP contribution in [0.5, 0.6) is 17.2 Å². The molecule has 6 heteroatoms. The van der Waals surface area contributed by atoms with Gasteiger partial charge in [-0.3, -0.25) is 4.99 Å². The third kappa shape index (κ3) is 5.29. The number of methoxy groups -OCH3 is 3. The molecule has 2 rings (SSSR count). The minimum Gasteiger partial charge on any atom is -0.497 e. The van der Waals surface area contributed by atoms with Crippen LogP contribution in [0, 0.1) is 0 Å². The van der Waals surface area contributed by atoms with Gasteiger partial charge in [-0.1, -0.05) is 46.7 Å². The van der Waals surface area contributed by atoms with Crippen molar-refractivity contribution in [1.29, 1.82) is 0 Å². The molecule has 2 aromatic carbocycles. The maximum Gasteiger partial charge on any atom is 0.188 e. The van der Waals surface area contributed by atoms with Gasteiger partial charge in [0.05, 0.1) is 14.2 Å². The molecule has 0 fully saturated rings. The van der Waals surface area contributed by atoms with E-state index in [0.29, 0.717) is 20.1 Å². The average Bonchev–Trinajstić information content (AvgIpc) is 2.77. The van der Waals surface area contributed by atoms with Crippen LogP contribution in [0.1, 0.15) is 37.8 Å². The van der Waals surface area contributed by atoms with Gasteiger partial charge in [0, 0.05) is 37.2 Å². The van der Waals surface area contributed by atoms with Crippen molar-refractivity contribution in [2.75, 3.05) is 35.2 Å². The summed E-state index contributed by atoms with van der Waals surface area (Å²) in [5, 5.41) is 1.14. The second-order valence-corrected chi connectivity index (χ2v) is 8.39. The van der Waals surface area contributed by atoms with Crippen LogP contribution < -0.4 is 19.5 Å². The molecule has 0 bridgehead atoms. The Labute approximate surface area is 176 Å². The predicted molar refractivity (Wildman–Crippen MR) is 122 cm³/mol. The maximum atomic E-state index is 6.01. The van der Waals surface area contributed by atoms with Gasteiger partial charge in [-0.15, -0.1) is 0 Å². The Morgan fingerprint density at radius 3 is 2.34 bits per heavy atom. The molecular weight excluding hydrogens is 385 g/mol. The summed E-state index contributed by atoms with van der Waals surface area (Å²) < 4.78 is 22.4. The van der Waals surface area contributed by atoms with Crippen molar-refractivity contribution >= 4 is 20.1 Å². The van der Waals surface area contributed by atoms with E-state index in [-0.39, 0.29) is 11.9 Å². The molecule has 0 aliphatic carbocycles. The normalized spacial score (nSPS) is 12.1. The molecule has 1 unspecified atom stereocenters. The lowest BCUT2D eigenvalue weighted by Crippen LogP contribution is -2.24. The van der Waals surface area contributed by atoms with Crippen LogP contribution in [0.25, 0.3) is 0 Å². The summed E-state index contributed by atoms with van der Waals surface area (Å²) >= 11 is 0. The summed E-state index contributed by atoms with van der Waals surface area (Å²) in [4.78, 5) is 4.23. The summed E-state index contributed by atoms with van der Waals surface area (Å²) in [5.74, 6) is 2.12. The number of hydrogen-bond acceptors (Lipinski definition) is 5. The molecule has 0 N–H and O–H groups in total. The first kappa shape index (κ1) is 23.2. The van der Waals surface area contributed by atoms with E-state index in [1.54, 1.807) is 28.4 Å². The number of nitrogens with zero attached hydrogens (tertiary/aromatic N) is 1. The fourth-order valence-electron chi connectivity index (χ4n) is 3.46.